The topological polar surface area (TPSA) is 84.7 Å². The second-order valence-electron chi connectivity index (χ2n) is 6.48. The summed E-state index contributed by atoms with van der Waals surface area (Å²) in [4.78, 5) is 30.1. The Morgan fingerprint density at radius 2 is 1.96 bits per heavy atom. The molecule has 2 heterocycles. The number of amides is 1. The molecule has 27 heavy (non-hydrogen) atoms. The first-order chi connectivity index (χ1) is 13.0. The van der Waals surface area contributed by atoms with Gasteiger partial charge in [0.15, 0.2) is 6.10 Å². The summed E-state index contributed by atoms with van der Waals surface area (Å²) in [5.41, 5.74) is 3.14. The minimum atomic E-state index is -1.06. The van der Waals surface area contributed by atoms with Crippen LogP contribution in [0, 0.1) is 6.92 Å². The molecule has 1 saturated heterocycles. The number of aliphatic carboxylic acids is 1. The van der Waals surface area contributed by atoms with E-state index in [4.69, 9.17) is 9.84 Å². The molecule has 0 saturated carbocycles. The first-order valence-electron chi connectivity index (χ1n) is 8.73. The maximum atomic E-state index is 12.8. The minimum absolute atomic E-state index is 0.0453. The summed E-state index contributed by atoms with van der Waals surface area (Å²) in [6, 6.07) is 15.3. The zero-order chi connectivity index (χ0) is 19.0. The Morgan fingerprint density at radius 3 is 2.70 bits per heavy atom. The molecule has 138 valence electrons. The van der Waals surface area contributed by atoms with Crippen LogP contribution in [0.25, 0.3) is 16.7 Å². The number of nitrogens with zero attached hydrogens (tertiary/aromatic N) is 3. The van der Waals surface area contributed by atoms with Crippen molar-refractivity contribution in [2.75, 3.05) is 19.7 Å². The van der Waals surface area contributed by atoms with Gasteiger partial charge in [0.25, 0.3) is 5.91 Å². The molecule has 7 nitrogen and oxygen atoms in total. The van der Waals surface area contributed by atoms with Gasteiger partial charge in [-0.25, -0.2) is 9.78 Å². The van der Waals surface area contributed by atoms with Gasteiger partial charge in [0, 0.05) is 17.8 Å². The first kappa shape index (κ1) is 17.2. The van der Waals surface area contributed by atoms with Crippen LogP contribution in [0.15, 0.2) is 48.5 Å². The minimum Gasteiger partial charge on any atom is -0.479 e. The zero-order valence-electron chi connectivity index (χ0n) is 14.8. The molecular formula is C20H19N3O4. The number of aromatic nitrogens is 2. The van der Waals surface area contributed by atoms with Crippen molar-refractivity contribution in [3.8, 4) is 5.69 Å². The number of para-hydroxylation sites is 1. The normalized spacial score (nSPS) is 17.2. The van der Waals surface area contributed by atoms with Crippen molar-refractivity contribution in [1.29, 1.82) is 0 Å². The third-order valence-corrected chi connectivity index (χ3v) is 4.71. The summed E-state index contributed by atoms with van der Waals surface area (Å²) in [5.74, 6) is -0.434. The Bertz CT molecular complexity index is 1010. The summed E-state index contributed by atoms with van der Waals surface area (Å²) in [6.45, 7) is 2.56. The lowest BCUT2D eigenvalue weighted by atomic mass is 10.1. The Hall–Kier alpha value is -3.19. The van der Waals surface area contributed by atoms with Crippen molar-refractivity contribution in [1.82, 2.24) is 14.5 Å². The summed E-state index contributed by atoms with van der Waals surface area (Å²) in [7, 11) is 0. The summed E-state index contributed by atoms with van der Waals surface area (Å²) >= 11 is 0. The predicted octanol–water partition coefficient (Wildman–Crippen LogP) is 2.26. The number of carboxylic acid groups (broad SMARTS) is 1. The molecule has 0 spiro atoms. The van der Waals surface area contributed by atoms with E-state index in [2.05, 4.69) is 4.98 Å². The fourth-order valence-corrected chi connectivity index (χ4v) is 3.40. The number of carboxylic acids is 1. The molecule has 0 bridgehead atoms. The van der Waals surface area contributed by atoms with Gasteiger partial charge in [0.1, 0.15) is 5.82 Å². The number of hydrogen-bond donors (Lipinski definition) is 1. The fourth-order valence-electron chi connectivity index (χ4n) is 3.40. The van der Waals surface area contributed by atoms with E-state index in [1.165, 1.54) is 4.90 Å². The van der Waals surface area contributed by atoms with Gasteiger partial charge in [0.05, 0.1) is 24.2 Å². The number of ether oxygens (including phenoxy) is 1. The Kier molecular flexibility index (Phi) is 4.37. The number of benzene rings is 2. The zero-order valence-corrected chi connectivity index (χ0v) is 14.8. The molecule has 1 fully saturated rings. The van der Waals surface area contributed by atoms with Gasteiger partial charge in [-0.1, -0.05) is 18.2 Å². The molecule has 0 radical (unpaired) electrons. The van der Waals surface area contributed by atoms with E-state index in [0.717, 1.165) is 22.5 Å². The van der Waals surface area contributed by atoms with Crippen molar-refractivity contribution >= 4 is 22.9 Å². The lowest BCUT2D eigenvalue weighted by Gasteiger charge is -2.30. The third kappa shape index (κ3) is 3.17. The number of morpholine rings is 1. The standard InChI is InChI=1S/C20H19N3O4/c1-13-21-16-11-14(19(24)22-9-10-27-18(12-22)20(25)26)7-8-17(16)23(13)15-5-3-2-4-6-15/h2-8,11,18H,9-10,12H2,1H3,(H,25,26). The highest BCUT2D eigenvalue weighted by atomic mass is 16.5. The maximum absolute atomic E-state index is 12.8. The molecule has 1 atom stereocenters. The summed E-state index contributed by atoms with van der Waals surface area (Å²) in [6.07, 6.45) is -0.981. The second kappa shape index (κ2) is 6.85. The monoisotopic (exact) mass is 365 g/mol. The molecule has 1 amide bonds. The second-order valence-corrected chi connectivity index (χ2v) is 6.48. The lowest BCUT2D eigenvalue weighted by Crippen LogP contribution is -2.48. The molecule has 1 aromatic heterocycles. The molecule has 1 aliphatic heterocycles. The van der Waals surface area contributed by atoms with E-state index in [-0.39, 0.29) is 19.1 Å². The molecule has 7 heteroatoms. The van der Waals surface area contributed by atoms with Crippen LogP contribution in [0.1, 0.15) is 16.2 Å². The first-order valence-corrected chi connectivity index (χ1v) is 8.73. The van der Waals surface area contributed by atoms with E-state index < -0.39 is 12.1 Å². The Labute approximate surface area is 155 Å². The van der Waals surface area contributed by atoms with Crippen LogP contribution in [-0.2, 0) is 9.53 Å². The quantitative estimate of drug-likeness (QED) is 0.770. The van der Waals surface area contributed by atoms with Gasteiger partial charge in [-0.05, 0) is 37.3 Å². The maximum Gasteiger partial charge on any atom is 0.334 e. The molecule has 4 rings (SSSR count). The van der Waals surface area contributed by atoms with Crippen molar-refractivity contribution in [3.63, 3.8) is 0 Å². The van der Waals surface area contributed by atoms with Gasteiger partial charge in [-0.15, -0.1) is 0 Å². The molecule has 1 aliphatic rings. The number of carbonyl (C=O) groups is 2. The summed E-state index contributed by atoms with van der Waals surface area (Å²) < 4.78 is 7.23. The van der Waals surface area contributed by atoms with E-state index in [0.29, 0.717) is 12.1 Å². The number of rotatable bonds is 3. The number of fused-ring (bicyclic) bond motifs is 1. The highest BCUT2D eigenvalue weighted by molar-refractivity contribution is 5.98. The molecular weight excluding hydrogens is 346 g/mol. The lowest BCUT2D eigenvalue weighted by molar-refractivity contribution is -0.154. The fraction of sp³-hybridized carbons (Fsp3) is 0.250. The number of carbonyl (C=O) groups excluding carboxylic acids is 1. The largest absolute Gasteiger partial charge is 0.479 e. The number of imidazole rings is 1. The third-order valence-electron chi connectivity index (χ3n) is 4.71. The average Bonchev–Trinajstić information content (AvgIpc) is 3.03. The van der Waals surface area contributed by atoms with Crippen LogP contribution in [0.2, 0.25) is 0 Å². The predicted molar refractivity (Wildman–Crippen MR) is 99.1 cm³/mol. The molecule has 3 aromatic rings. The molecule has 0 aliphatic carbocycles. The van der Waals surface area contributed by atoms with Crippen LogP contribution in [0.3, 0.4) is 0 Å². The van der Waals surface area contributed by atoms with Crippen molar-refractivity contribution in [3.05, 3.63) is 59.9 Å². The SMILES string of the molecule is Cc1nc2cc(C(=O)N3CCOC(C(=O)O)C3)ccc2n1-c1ccccc1. The highest BCUT2D eigenvalue weighted by Gasteiger charge is 2.29. The molecule has 1 unspecified atom stereocenters. The van der Waals surface area contributed by atoms with Crippen molar-refractivity contribution < 1.29 is 19.4 Å². The van der Waals surface area contributed by atoms with Gasteiger partial charge >= 0.3 is 5.97 Å². The van der Waals surface area contributed by atoms with Gasteiger partial charge in [-0.2, -0.15) is 0 Å². The van der Waals surface area contributed by atoms with Crippen LogP contribution < -0.4 is 0 Å². The van der Waals surface area contributed by atoms with E-state index in [1.54, 1.807) is 12.1 Å². The average molecular weight is 365 g/mol. The van der Waals surface area contributed by atoms with Crippen molar-refractivity contribution in [2.45, 2.75) is 13.0 Å². The van der Waals surface area contributed by atoms with Gasteiger partial charge < -0.3 is 14.7 Å². The van der Waals surface area contributed by atoms with E-state index >= 15 is 0 Å². The van der Waals surface area contributed by atoms with E-state index in [1.807, 2.05) is 47.9 Å². The number of aryl methyl sites for hydroxylation is 1. The Balaban J connectivity index is 1.66. The van der Waals surface area contributed by atoms with Gasteiger partial charge in [-0.3, -0.25) is 9.36 Å². The van der Waals surface area contributed by atoms with E-state index in [9.17, 15) is 9.59 Å². The Morgan fingerprint density at radius 1 is 1.19 bits per heavy atom. The molecule has 2 aromatic carbocycles. The van der Waals surface area contributed by atoms with Crippen LogP contribution in [-0.4, -0.2) is 57.2 Å². The van der Waals surface area contributed by atoms with Crippen LogP contribution in [0.5, 0.6) is 0 Å². The number of hydrogen-bond acceptors (Lipinski definition) is 4. The molecule has 1 N–H and O–H groups in total. The summed E-state index contributed by atoms with van der Waals surface area (Å²) in [5, 5.41) is 9.12. The van der Waals surface area contributed by atoms with Gasteiger partial charge in [0.2, 0.25) is 0 Å². The van der Waals surface area contributed by atoms with Crippen LogP contribution >= 0.6 is 0 Å². The van der Waals surface area contributed by atoms with Crippen LogP contribution in [0.4, 0.5) is 0 Å². The van der Waals surface area contributed by atoms with Crippen molar-refractivity contribution in [2.24, 2.45) is 0 Å². The smallest absolute Gasteiger partial charge is 0.334 e. The highest BCUT2D eigenvalue weighted by Crippen LogP contribution is 2.23.